The topological polar surface area (TPSA) is 15.7 Å². The van der Waals surface area contributed by atoms with Crippen LogP contribution in [0.2, 0.25) is 0 Å². The van der Waals surface area contributed by atoms with Crippen molar-refractivity contribution in [3.63, 3.8) is 0 Å². The van der Waals surface area contributed by atoms with Crippen molar-refractivity contribution in [2.45, 2.75) is 6.42 Å². The molecule has 0 saturated carbocycles. The van der Waals surface area contributed by atoms with Crippen LogP contribution in [0, 0.1) is 0 Å². The van der Waals surface area contributed by atoms with Crippen LogP contribution in [0.4, 0.5) is 0 Å². The Morgan fingerprint density at radius 3 is 2.33 bits per heavy atom. The van der Waals surface area contributed by atoms with Crippen LogP contribution in [0.15, 0.2) is 0 Å². The summed E-state index contributed by atoms with van der Waals surface area (Å²) < 4.78 is 7.47. The number of ether oxygens (including phenoxy) is 1. The van der Waals surface area contributed by atoms with Gasteiger partial charge in [0, 0.05) is 20.3 Å². The second kappa shape index (κ2) is 8.03. The highest BCUT2D eigenvalue weighted by molar-refractivity contribution is 6.04. The lowest BCUT2D eigenvalue weighted by molar-refractivity contribution is 0.186. The van der Waals surface area contributed by atoms with Crippen LogP contribution in [-0.4, -0.2) is 72.7 Å². The van der Waals surface area contributed by atoms with Crippen molar-refractivity contribution in [2.24, 2.45) is 0 Å². The molecule has 4 heteroatoms. The SMILES string of the molecule is COCCC[N]([AlH2])CCN(C)C. The summed E-state index contributed by atoms with van der Waals surface area (Å²) >= 11 is 1.16. The van der Waals surface area contributed by atoms with E-state index in [2.05, 4.69) is 22.9 Å². The van der Waals surface area contributed by atoms with Gasteiger partial charge in [-0.3, -0.25) is 0 Å². The van der Waals surface area contributed by atoms with E-state index in [0.717, 1.165) is 36.1 Å². The molecule has 0 amide bonds. The molecule has 0 heterocycles. The van der Waals surface area contributed by atoms with Gasteiger partial charge in [0.25, 0.3) is 0 Å². The molecule has 0 radical (unpaired) electrons. The normalized spacial score (nSPS) is 11.4. The van der Waals surface area contributed by atoms with Crippen molar-refractivity contribution in [3.05, 3.63) is 0 Å². The first-order valence-electron chi connectivity index (χ1n) is 4.49. The van der Waals surface area contributed by atoms with Crippen LogP contribution in [0.1, 0.15) is 6.42 Å². The Hall–Kier alpha value is 0.412. The summed E-state index contributed by atoms with van der Waals surface area (Å²) in [4.78, 5) is 2.22. The molecule has 3 nitrogen and oxygen atoms in total. The summed E-state index contributed by atoms with van der Waals surface area (Å²) in [5.41, 5.74) is 0. The van der Waals surface area contributed by atoms with Crippen molar-refractivity contribution >= 4 is 16.5 Å². The van der Waals surface area contributed by atoms with Crippen LogP contribution in [0.3, 0.4) is 0 Å². The maximum atomic E-state index is 5.00. The highest BCUT2D eigenvalue weighted by Gasteiger charge is 1.97. The smallest absolute Gasteiger partial charge is 0.321 e. The minimum absolute atomic E-state index is 0.890. The third kappa shape index (κ3) is 8.51. The average Bonchev–Trinajstić information content (AvgIpc) is 2.01. The molecule has 0 aromatic carbocycles. The predicted octanol–water partition coefficient (Wildman–Crippen LogP) is -0.565. The Balaban J connectivity index is 3.15. The quantitative estimate of drug-likeness (QED) is 0.393. The van der Waals surface area contributed by atoms with Gasteiger partial charge in [0.1, 0.15) is 0 Å². The number of hydrogen-bond donors (Lipinski definition) is 0. The van der Waals surface area contributed by atoms with E-state index in [1.165, 1.54) is 13.1 Å². The van der Waals surface area contributed by atoms with E-state index in [1.807, 2.05) is 0 Å². The molecule has 0 atom stereocenters. The van der Waals surface area contributed by atoms with Crippen molar-refractivity contribution in [1.82, 2.24) is 8.78 Å². The zero-order chi connectivity index (χ0) is 9.40. The fourth-order valence-corrected chi connectivity index (χ4v) is 1.48. The minimum Gasteiger partial charge on any atom is -0.389 e. The molecule has 0 aliphatic rings. The monoisotopic (exact) mass is 188 g/mol. The highest BCUT2D eigenvalue weighted by Crippen LogP contribution is 1.87. The maximum Gasteiger partial charge on any atom is 0.321 e. The van der Waals surface area contributed by atoms with Crippen LogP contribution < -0.4 is 0 Å². The Morgan fingerprint density at radius 1 is 1.17 bits per heavy atom. The fraction of sp³-hybridized carbons (Fsp3) is 1.00. The number of rotatable bonds is 7. The van der Waals surface area contributed by atoms with Gasteiger partial charge in [-0.05, 0) is 33.6 Å². The molecule has 0 N–H and O–H groups in total. The molecular formula is C8H21AlN2O. The molecule has 0 aliphatic heterocycles. The van der Waals surface area contributed by atoms with Gasteiger partial charge in [-0.2, -0.15) is 0 Å². The predicted molar refractivity (Wildman–Crippen MR) is 55.2 cm³/mol. The van der Waals surface area contributed by atoms with E-state index >= 15 is 0 Å². The molecule has 0 unspecified atom stereocenters. The van der Waals surface area contributed by atoms with E-state index in [4.69, 9.17) is 4.74 Å². The standard InChI is InChI=1S/C8H19N2O.Al.2H/c1-10(2)7-6-9-5-4-8-11-3;;;/h4-8H2,1-3H3;;;/q-1;+1;;. The Kier molecular flexibility index (Phi) is 8.31. The summed E-state index contributed by atoms with van der Waals surface area (Å²) in [5, 5.41) is 0. The lowest BCUT2D eigenvalue weighted by atomic mass is 10.4. The zero-order valence-corrected chi connectivity index (χ0v) is 10.8. The third-order valence-electron chi connectivity index (χ3n) is 1.82. The molecule has 0 bridgehead atoms. The van der Waals surface area contributed by atoms with Crippen molar-refractivity contribution < 1.29 is 4.74 Å². The Morgan fingerprint density at radius 2 is 1.83 bits per heavy atom. The van der Waals surface area contributed by atoms with Crippen molar-refractivity contribution in [1.29, 1.82) is 0 Å². The molecule has 72 valence electrons. The number of likely N-dealkylation sites (N-methyl/N-ethyl adjacent to an activating group) is 1. The van der Waals surface area contributed by atoms with E-state index in [9.17, 15) is 0 Å². The molecule has 0 aromatic rings. The number of methoxy groups -OCH3 is 1. The summed E-state index contributed by atoms with van der Waals surface area (Å²) in [5.74, 6) is 0. The van der Waals surface area contributed by atoms with Crippen LogP contribution in [0.5, 0.6) is 0 Å². The number of hydrogen-bond acceptors (Lipinski definition) is 3. The maximum absolute atomic E-state index is 5.00. The Bertz CT molecular complexity index is 101. The largest absolute Gasteiger partial charge is 0.389 e. The highest BCUT2D eigenvalue weighted by atomic mass is 27.1. The molecule has 12 heavy (non-hydrogen) atoms. The third-order valence-corrected chi connectivity index (χ3v) is 2.71. The number of nitrogens with zero attached hydrogens (tertiary/aromatic N) is 2. The summed E-state index contributed by atoms with van der Waals surface area (Å²) in [6, 6.07) is 0. The van der Waals surface area contributed by atoms with Gasteiger partial charge in [-0.1, -0.05) is 0 Å². The first-order chi connectivity index (χ1) is 5.66. The van der Waals surface area contributed by atoms with E-state index in [0.29, 0.717) is 0 Å². The van der Waals surface area contributed by atoms with Crippen molar-refractivity contribution in [2.75, 3.05) is 47.4 Å². The molecule has 0 aromatic heterocycles. The van der Waals surface area contributed by atoms with Crippen LogP contribution in [0.25, 0.3) is 0 Å². The van der Waals surface area contributed by atoms with Crippen LogP contribution in [-0.2, 0) is 4.74 Å². The van der Waals surface area contributed by atoms with Gasteiger partial charge in [0.15, 0.2) is 0 Å². The first kappa shape index (κ1) is 12.4. The van der Waals surface area contributed by atoms with Gasteiger partial charge >= 0.3 is 16.5 Å². The van der Waals surface area contributed by atoms with Crippen LogP contribution >= 0.6 is 0 Å². The summed E-state index contributed by atoms with van der Waals surface area (Å²) in [6.45, 7) is 4.44. The fourth-order valence-electron chi connectivity index (χ4n) is 0.961. The molecule has 0 spiro atoms. The summed E-state index contributed by atoms with van der Waals surface area (Å²) in [7, 11) is 5.99. The van der Waals surface area contributed by atoms with E-state index in [-0.39, 0.29) is 0 Å². The minimum atomic E-state index is 0.890. The molecule has 0 aliphatic carbocycles. The Labute approximate surface area is 84.3 Å². The molecule has 0 saturated heterocycles. The average molecular weight is 188 g/mol. The van der Waals surface area contributed by atoms with Gasteiger partial charge in [0.05, 0.1) is 0 Å². The van der Waals surface area contributed by atoms with E-state index < -0.39 is 0 Å². The second-order valence-electron chi connectivity index (χ2n) is 3.45. The zero-order valence-electron chi connectivity index (χ0n) is 8.84. The van der Waals surface area contributed by atoms with E-state index in [1.54, 1.807) is 7.11 Å². The molecule has 0 fully saturated rings. The summed E-state index contributed by atoms with van der Waals surface area (Å²) in [6.07, 6.45) is 1.16. The molecule has 0 rings (SSSR count). The lowest BCUT2D eigenvalue weighted by Crippen LogP contribution is -2.30. The second-order valence-corrected chi connectivity index (χ2v) is 4.72. The van der Waals surface area contributed by atoms with Gasteiger partial charge in [-0.25, -0.2) is 0 Å². The van der Waals surface area contributed by atoms with Gasteiger partial charge < -0.3 is 13.5 Å². The molecular weight excluding hydrogens is 167 g/mol. The van der Waals surface area contributed by atoms with Gasteiger partial charge in [-0.15, -0.1) is 0 Å². The van der Waals surface area contributed by atoms with Gasteiger partial charge in [0.2, 0.25) is 0 Å². The van der Waals surface area contributed by atoms with Crippen molar-refractivity contribution in [3.8, 4) is 0 Å². The lowest BCUT2D eigenvalue weighted by Gasteiger charge is -2.19. The first-order valence-corrected chi connectivity index (χ1v) is 5.38.